The number of furan rings is 1. The third-order valence-electron chi connectivity index (χ3n) is 1.87. The molecular weight excluding hydrogens is 321 g/mol. The number of ether oxygens (including phenoxy) is 1. The standard InChI is InChI=1S/C10H10IN3O2/c1-2-15-9-7(11)8(13-10(12)14-9)6-4-3-5-16-6/h3-5H,2H2,1H3,(H2,12,13,14). The molecule has 0 amide bonds. The third kappa shape index (κ3) is 2.11. The Kier molecular flexibility index (Phi) is 3.28. The highest BCUT2D eigenvalue weighted by atomic mass is 127. The average molecular weight is 331 g/mol. The first-order valence-corrected chi connectivity index (χ1v) is 5.80. The molecule has 0 aliphatic rings. The van der Waals surface area contributed by atoms with Crippen LogP contribution >= 0.6 is 22.6 Å². The predicted octanol–water partition coefficient (Wildman–Crippen LogP) is 2.32. The summed E-state index contributed by atoms with van der Waals surface area (Å²) < 4.78 is 11.5. The Labute approximate surface area is 106 Å². The van der Waals surface area contributed by atoms with Gasteiger partial charge < -0.3 is 14.9 Å². The summed E-state index contributed by atoms with van der Waals surface area (Å²) in [5.41, 5.74) is 6.27. The zero-order valence-electron chi connectivity index (χ0n) is 8.61. The first kappa shape index (κ1) is 11.2. The lowest BCUT2D eigenvalue weighted by molar-refractivity contribution is 0.324. The van der Waals surface area contributed by atoms with Gasteiger partial charge in [-0.2, -0.15) is 4.98 Å². The molecule has 2 rings (SSSR count). The van der Waals surface area contributed by atoms with Crippen molar-refractivity contribution in [2.45, 2.75) is 6.92 Å². The molecule has 2 heterocycles. The third-order valence-corrected chi connectivity index (χ3v) is 2.85. The smallest absolute Gasteiger partial charge is 0.232 e. The summed E-state index contributed by atoms with van der Waals surface area (Å²) in [6, 6.07) is 3.61. The average Bonchev–Trinajstić information content (AvgIpc) is 2.76. The van der Waals surface area contributed by atoms with E-state index in [9.17, 15) is 0 Å². The molecule has 0 aromatic carbocycles. The molecule has 2 aromatic rings. The van der Waals surface area contributed by atoms with E-state index in [-0.39, 0.29) is 5.95 Å². The lowest BCUT2D eigenvalue weighted by Crippen LogP contribution is -2.04. The van der Waals surface area contributed by atoms with Gasteiger partial charge in [0.15, 0.2) is 5.76 Å². The quantitative estimate of drug-likeness (QED) is 0.874. The van der Waals surface area contributed by atoms with Gasteiger partial charge in [-0.1, -0.05) is 0 Å². The number of nitrogen functional groups attached to an aromatic ring is 1. The van der Waals surface area contributed by atoms with Crippen molar-refractivity contribution in [2.75, 3.05) is 12.3 Å². The van der Waals surface area contributed by atoms with E-state index >= 15 is 0 Å². The highest BCUT2D eigenvalue weighted by Crippen LogP contribution is 2.30. The molecule has 6 heteroatoms. The molecule has 0 saturated heterocycles. The van der Waals surface area contributed by atoms with Crippen molar-refractivity contribution >= 4 is 28.5 Å². The fourth-order valence-electron chi connectivity index (χ4n) is 1.25. The fourth-order valence-corrected chi connectivity index (χ4v) is 1.91. The molecular formula is C10H10IN3O2. The number of hydrogen-bond donors (Lipinski definition) is 1. The minimum atomic E-state index is 0.176. The van der Waals surface area contributed by atoms with Gasteiger partial charge in [-0.05, 0) is 41.6 Å². The molecule has 0 bridgehead atoms. The van der Waals surface area contributed by atoms with Crippen LogP contribution in [0.5, 0.6) is 5.88 Å². The minimum absolute atomic E-state index is 0.176. The largest absolute Gasteiger partial charge is 0.477 e. The summed E-state index contributed by atoms with van der Waals surface area (Å²) in [6.45, 7) is 2.42. The van der Waals surface area contributed by atoms with Crippen LogP contribution in [-0.2, 0) is 0 Å². The van der Waals surface area contributed by atoms with Crippen LogP contribution in [0.2, 0.25) is 0 Å². The van der Waals surface area contributed by atoms with Gasteiger partial charge in [0.25, 0.3) is 0 Å². The van der Waals surface area contributed by atoms with E-state index in [1.165, 1.54) is 0 Å². The van der Waals surface area contributed by atoms with Crippen molar-refractivity contribution in [1.29, 1.82) is 0 Å². The number of aromatic nitrogens is 2. The van der Waals surface area contributed by atoms with Crippen molar-refractivity contribution in [3.63, 3.8) is 0 Å². The van der Waals surface area contributed by atoms with Gasteiger partial charge in [0.2, 0.25) is 11.8 Å². The second-order valence-electron chi connectivity index (χ2n) is 2.96. The Morgan fingerprint density at radius 1 is 1.50 bits per heavy atom. The minimum Gasteiger partial charge on any atom is -0.477 e. The lowest BCUT2D eigenvalue weighted by atomic mass is 10.3. The van der Waals surface area contributed by atoms with Crippen molar-refractivity contribution < 1.29 is 9.15 Å². The molecule has 0 unspecified atom stereocenters. The van der Waals surface area contributed by atoms with Crippen LogP contribution in [0, 0.1) is 3.57 Å². The monoisotopic (exact) mass is 331 g/mol. The van der Waals surface area contributed by atoms with Gasteiger partial charge in [-0.15, -0.1) is 0 Å². The number of halogens is 1. The maximum absolute atomic E-state index is 5.62. The molecule has 2 N–H and O–H groups in total. The molecule has 2 aromatic heterocycles. The van der Waals surface area contributed by atoms with E-state index in [0.717, 1.165) is 3.57 Å². The molecule has 0 fully saturated rings. The van der Waals surface area contributed by atoms with Crippen molar-refractivity contribution in [3.05, 3.63) is 22.0 Å². The lowest BCUT2D eigenvalue weighted by Gasteiger charge is -2.08. The van der Waals surface area contributed by atoms with Crippen molar-refractivity contribution in [1.82, 2.24) is 9.97 Å². The van der Waals surface area contributed by atoms with E-state index in [2.05, 4.69) is 32.6 Å². The van der Waals surface area contributed by atoms with E-state index in [0.29, 0.717) is 23.9 Å². The van der Waals surface area contributed by atoms with Crippen LogP contribution in [0.25, 0.3) is 11.5 Å². The molecule has 16 heavy (non-hydrogen) atoms. The van der Waals surface area contributed by atoms with Crippen LogP contribution in [0.1, 0.15) is 6.92 Å². The Balaban J connectivity index is 2.53. The normalized spacial score (nSPS) is 10.4. The van der Waals surface area contributed by atoms with Crippen molar-refractivity contribution in [3.8, 4) is 17.3 Å². The molecule has 0 aliphatic carbocycles. The number of nitrogens with two attached hydrogens (primary N) is 1. The van der Waals surface area contributed by atoms with E-state index in [1.54, 1.807) is 12.3 Å². The van der Waals surface area contributed by atoms with Gasteiger partial charge in [0, 0.05) is 0 Å². The highest BCUT2D eigenvalue weighted by Gasteiger charge is 2.15. The Morgan fingerprint density at radius 3 is 2.94 bits per heavy atom. The number of anilines is 1. The summed E-state index contributed by atoms with van der Waals surface area (Å²) in [4.78, 5) is 8.17. The summed E-state index contributed by atoms with van der Waals surface area (Å²) in [5, 5.41) is 0. The summed E-state index contributed by atoms with van der Waals surface area (Å²) >= 11 is 2.12. The second kappa shape index (κ2) is 4.69. The van der Waals surface area contributed by atoms with Crippen LogP contribution in [0.4, 0.5) is 5.95 Å². The van der Waals surface area contributed by atoms with E-state index in [1.807, 2.05) is 13.0 Å². The van der Waals surface area contributed by atoms with Crippen LogP contribution < -0.4 is 10.5 Å². The van der Waals surface area contributed by atoms with Crippen LogP contribution in [0.15, 0.2) is 22.8 Å². The second-order valence-corrected chi connectivity index (χ2v) is 4.04. The molecule has 0 spiro atoms. The van der Waals surface area contributed by atoms with Crippen LogP contribution in [-0.4, -0.2) is 16.6 Å². The van der Waals surface area contributed by atoms with Crippen LogP contribution in [0.3, 0.4) is 0 Å². The topological polar surface area (TPSA) is 74.2 Å². The zero-order valence-corrected chi connectivity index (χ0v) is 10.8. The maximum atomic E-state index is 5.62. The maximum Gasteiger partial charge on any atom is 0.232 e. The fraction of sp³-hybridized carbons (Fsp3) is 0.200. The SMILES string of the molecule is CCOc1nc(N)nc(-c2ccco2)c1I. The first-order valence-electron chi connectivity index (χ1n) is 4.72. The molecule has 0 radical (unpaired) electrons. The Morgan fingerprint density at radius 2 is 2.31 bits per heavy atom. The van der Waals surface area contributed by atoms with Gasteiger partial charge in [0.05, 0.1) is 12.9 Å². The first-order chi connectivity index (χ1) is 7.72. The Bertz CT molecular complexity index is 485. The molecule has 0 aliphatic heterocycles. The van der Waals surface area contributed by atoms with Gasteiger partial charge in [-0.3, -0.25) is 0 Å². The summed E-state index contributed by atoms with van der Waals surface area (Å²) in [7, 11) is 0. The molecule has 0 atom stereocenters. The predicted molar refractivity (Wildman–Crippen MR) is 68.0 cm³/mol. The van der Waals surface area contributed by atoms with E-state index in [4.69, 9.17) is 14.9 Å². The molecule has 5 nitrogen and oxygen atoms in total. The number of nitrogens with zero attached hydrogens (tertiary/aromatic N) is 2. The van der Waals surface area contributed by atoms with Gasteiger partial charge >= 0.3 is 0 Å². The number of hydrogen-bond acceptors (Lipinski definition) is 5. The molecule has 84 valence electrons. The number of rotatable bonds is 3. The zero-order chi connectivity index (χ0) is 11.5. The van der Waals surface area contributed by atoms with E-state index < -0.39 is 0 Å². The summed E-state index contributed by atoms with van der Waals surface area (Å²) in [6.07, 6.45) is 1.59. The summed E-state index contributed by atoms with van der Waals surface area (Å²) in [5.74, 6) is 1.32. The van der Waals surface area contributed by atoms with Gasteiger partial charge in [0.1, 0.15) is 9.26 Å². The van der Waals surface area contributed by atoms with Gasteiger partial charge in [-0.25, -0.2) is 4.98 Å². The molecule has 0 saturated carbocycles. The highest BCUT2D eigenvalue weighted by molar-refractivity contribution is 14.1. The Hall–Kier alpha value is -1.31. The van der Waals surface area contributed by atoms with Crippen molar-refractivity contribution in [2.24, 2.45) is 0 Å².